The van der Waals surface area contributed by atoms with Gasteiger partial charge in [-0.2, -0.15) is 0 Å². The van der Waals surface area contributed by atoms with E-state index in [1.165, 1.54) is 5.56 Å². The molecule has 1 heterocycles. The van der Waals surface area contributed by atoms with Crippen LogP contribution in [0.2, 0.25) is 0 Å². The molecule has 1 aliphatic heterocycles. The van der Waals surface area contributed by atoms with E-state index in [9.17, 15) is 4.79 Å². The van der Waals surface area contributed by atoms with Crippen molar-refractivity contribution in [3.63, 3.8) is 0 Å². The van der Waals surface area contributed by atoms with Crippen LogP contribution in [0.3, 0.4) is 0 Å². The zero-order valence-corrected chi connectivity index (χ0v) is 18.4. The Kier molecular flexibility index (Phi) is 7.62. The predicted molar refractivity (Wildman–Crippen MR) is 125 cm³/mol. The monoisotopic (exact) mass is 491 g/mol. The fraction of sp³-hybridized carbons (Fsp3) is 0.273. The van der Waals surface area contributed by atoms with Gasteiger partial charge in [0.1, 0.15) is 0 Å². The molecule has 0 radical (unpaired) electrons. The molecular weight excluding hydrogens is 465 g/mol. The third kappa shape index (κ3) is 5.42. The molecule has 148 valence electrons. The number of methoxy groups -OCH3 is 1. The molecule has 1 amide bonds. The van der Waals surface area contributed by atoms with Crippen molar-refractivity contribution >= 4 is 44.1 Å². The van der Waals surface area contributed by atoms with E-state index in [-0.39, 0.29) is 5.91 Å². The summed E-state index contributed by atoms with van der Waals surface area (Å²) in [6.07, 6.45) is 4.67. The van der Waals surface area contributed by atoms with Crippen molar-refractivity contribution in [2.24, 2.45) is 4.99 Å². The van der Waals surface area contributed by atoms with Gasteiger partial charge in [0.2, 0.25) is 0 Å². The first kappa shape index (κ1) is 20.5. The van der Waals surface area contributed by atoms with Crippen LogP contribution in [0.5, 0.6) is 0 Å². The molecule has 5 nitrogen and oxygen atoms in total. The minimum absolute atomic E-state index is 0.0994. The van der Waals surface area contributed by atoms with E-state index < -0.39 is 20.1 Å². The summed E-state index contributed by atoms with van der Waals surface area (Å²) in [4.78, 5) is 17.6. The van der Waals surface area contributed by atoms with E-state index in [2.05, 4.69) is 32.5 Å². The molecule has 0 saturated carbocycles. The standard InChI is InChI=1S/C22H26IN3O2/c1-3-23-16-24-17-26(23)21(22(27)25-20-10-5-4-6-11-20)15-19-9-7-8-18(14-19)12-13-28-2/h4-11,14-15,17H,3,12-13,16H2,1-2H3,(H,25,27)/b21-15-. The summed E-state index contributed by atoms with van der Waals surface area (Å²) in [5.74, 6) is -0.0994. The number of carbonyl (C=O) groups is 1. The van der Waals surface area contributed by atoms with Crippen molar-refractivity contribution in [3.05, 3.63) is 71.4 Å². The average molecular weight is 491 g/mol. The number of halogens is 1. The van der Waals surface area contributed by atoms with E-state index in [1.807, 2.05) is 54.9 Å². The summed E-state index contributed by atoms with van der Waals surface area (Å²) in [5, 5.41) is 3.03. The van der Waals surface area contributed by atoms with Crippen LogP contribution in [-0.4, -0.2) is 38.1 Å². The Morgan fingerprint density at radius 2 is 2.07 bits per heavy atom. The number of amides is 1. The van der Waals surface area contributed by atoms with Crippen molar-refractivity contribution in [2.45, 2.75) is 13.3 Å². The van der Waals surface area contributed by atoms with Crippen molar-refractivity contribution in [2.75, 3.05) is 28.0 Å². The summed E-state index contributed by atoms with van der Waals surface area (Å²) < 4.78 is 9.27. The Morgan fingerprint density at radius 3 is 2.82 bits per heavy atom. The molecule has 28 heavy (non-hydrogen) atoms. The van der Waals surface area contributed by atoms with Crippen LogP contribution in [0.25, 0.3) is 6.08 Å². The van der Waals surface area contributed by atoms with Crippen molar-refractivity contribution < 1.29 is 9.53 Å². The Hall–Kier alpha value is -2.19. The van der Waals surface area contributed by atoms with Crippen molar-refractivity contribution in [1.82, 2.24) is 3.11 Å². The fourth-order valence-corrected chi connectivity index (χ4v) is 6.66. The molecule has 0 aromatic heterocycles. The van der Waals surface area contributed by atoms with Crippen LogP contribution >= 0.6 is 20.1 Å². The van der Waals surface area contributed by atoms with E-state index in [0.717, 1.165) is 26.7 Å². The number of benzene rings is 2. The zero-order chi connectivity index (χ0) is 19.8. The van der Waals surface area contributed by atoms with E-state index in [0.29, 0.717) is 12.3 Å². The second-order valence-electron chi connectivity index (χ2n) is 6.26. The number of hydrogen-bond donors (Lipinski definition) is 1. The molecule has 2 aromatic carbocycles. The van der Waals surface area contributed by atoms with Crippen LogP contribution < -0.4 is 5.32 Å². The van der Waals surface area contributed by atoms with Crippen molar-refractivity contribution in [3.8, 4) is 0 Å². The number of nitrogens with one attached hydrogen (secondary N) is 1. The third-order valence-corrected chi connectivity index (χ3v) is 9.48. The van der Waals surface area contributed by atoms with Gasteiger partial charge < -0.3 is 0 Å². The summed E-state index contributed by atoms with van der Waals surface area (Å²) in [6.45, 7) is 2.86. The summed E-state index contributed by atoms with van der Waals surface area (Å²) in [6, 6.07) is 17.8. The topological polar surface area (TPSA) is 53.9 Å². The molecule has 3 rings (SSSR count). The summed E-state index contributed by atoms with van der Waals surface area (Å²) >= 11 is -1.50. The molecule has 0 unspecified atom stereocenters. The van der Waals surface area contributed by atoms with Gasteiger partial charge in [-0.1, -0.05) is 0 Å². The Balaban J connectivity index is 1.90. The molecular formula is C22H26IN3O2. The number of anilines is 1. The van der Waals surface area contributed by atoms with Gasteiger partial charge in [0.15, 0.2) is 0 Å². The number of hydrogen-bond acceptors (Lipinski definition) is 4. The number of aliphatic imine (C=N–C) groups is 1. The number of nitrogens with zero attached hydrogens (tertiary/aromatic N) is 2. The van der Waals surface area contributed by atoms with Gasteiger partial charge in [0, 0.05) is 0 Å². The first-order valence-corrected chi connectivity index (χ1v) is 13.3. The second kappa shape index (κ2) is 10.4. The Bertz CT molecular complexity index is 852. The molecule has 0 fully saturated rings. The van der Waals surface area contributed by atoms with E-state index in [1.54, 1.807) is 7.11 Å². The van der Waals surface area contributed by atoms with E-state index >= 15 is 0 Å². The molecule has 6 heteroatoms. The normalized spacial score (nSPS) is 15.1. The summed E-state index contributed by atoms with van der Waals surface area (Å²) in [5.41, 5.74) is 3.67. The first-order valence-electron chi connectivity index (χ1n) is 9.28. The van der Waals surface area contributed by atoms with Gasteiger partial charge in [0.05, 0.1) is 0 Å². The van der Waals surface area contributed by atoms with Gasteiger partial charge in [-0.05, 0) is 0 Å². The number of alkyl halides is 2. The van der Waals surface area contributed by atoms with Gasteiger partial charge in [0.25, 0.3) is 0 Å². The van der Waals surface area contributed by atoms with Gasteiger partial charge in [-0.25, -0.2) is 0 Å². The molecule has 0 bridgehead atoms. The predicted octanol–water partition coefficient (Wildman–Crippen LogP) is 4.60. The molecule has 0 saturated heterocycles. The SMILES string of the molecule is CCI1CN=CN1/C(=C\c1cccc(CCOC)c1)C(=O)Nc1ccccc1. The average Bonchev–Trinajstić information content (AvgIpc) is 3.20. The quantitative estimate of drug-likeness (QED) is 0.193. The molecule has 1 aliphatic rings. The van der Waals surface area contributed by atoms with Crippen LogP contribution in [0.4, 0.5) is 5.69 Å². The van der Waals surface area contributed by atoms with Crippen LogP contribution in [0.1, 0.15) is 18.1 Å². The summed E-state index contributed by atoms with van der Waals surface area (Å²) in [7, 11) is 1.71. The van der Waals surface area contributed by atoms with Gasteiger partial charge in [-0.3, -0.25) is 0 Å². The number of ether oxygens (including phenoxy) is 1. The number of carbonyl (C=O) groups excluding carboxylic acids is 1. The van der Waals surface area contributed by atoms with Gasteiger partial charge >= 0.3 is 175 Å². The second-order valence-corrected chi connectivity index (χ2v) is 12.0. The molecule has 0 atom stereocenters. The Morgan fingerprint density at radius 1 is 1.25 bits per heavy atom. The van der Waals surface area contributed by atoms with Crippen LogP contribution in [-0.2, 0) is 16.0 Å². The minimum atomic E-state index is -1.50. The van der Waals surface area contributed by atoms with Crippen molar-refractivity contribution in [1.29, 1.82) is 0 Å². The Labute approximate surface area is 174 Å². The maximum absolute atomic E-state index is 13.1. The number of para-hydroxylation sites is 1. The molecule has 1 N–H and O–H groups in total. The molecule has 0 aliphatic carbocycles. The van der Waals surface area contributed by atoms with Gasteiger partial charge in [-0.15, -0.1) is 0 Å². The van der Waals surface area contributed by atoms with Crippen LogP contribution in [0.15, 0.2) is 65.3 Å². The first-order chi connectivity index (χ1) is 13.7. The molecule has 2 aromatic rings. The fourth-order valence-electron chi connectivity index (χ4n) is 2.86. The molecule has 0 spiro atoms. The third-order valence-electron chi connectivity index (χ3n) is 4.30. The number of rotatable bonds is 8. The van der Waals surface area contributed by atoms with E-state index in [4.69, 9.17) is 4.74 Å². The van der Waals surface area contributed by atoms with Crippen LogP contribution in [0, 0.1) is 0 Å². The maximum atomic E-state index is 13.1. The zero-order valence-electron chi connectivity index (χ0n) is 16.3.